The molecule has 0 saturated heterocycles. The summed E-state index contributed by atoms with van der Waals surface area (Å²) in [4.78, 5) is 26.0. The second-order valence-corrected chi connectivity index (χ2v) is 6.44. The van der Waals surface area contributed by atoms with Crippen molar-refractivity contribution >= 4 is 53.0 Å². The maximum atomic E-state index is 11.4. The van der Waals surface area contributed by atoms with Crippen LogP contribution in [0.2, 0.25) is 10.0 Å². The SMILES string of the molecule is Cc1nc(S/C(=C\c2cc(Cl)c(OCC(=O)O)c(Cl)c2)C(=O)O)n[nH]1. The predicted molar refractivity (Wildman–Crippen MR) is 92.2 cm³/mol. The highest BCUT2D eigenvalue weighted by molar-refractivity contribution is 8.04. The number of carbonyl (C=O) groups is 2. The van der Waals surface area contributed by atoms with Crippen LogP contribution in [-0.4, -0.2) is 43.9 Å². The number of rotatable bonds is 7. The lowest BCUT2D eigenvalue weighted by molar-refractivity contribution is -0.139. The Labute approximate surface area is 155 Å². The van der Waals surface area contributed by atoms with E-state index < -0.39 is 18.5 Å². The number of nitrogens with one attached hydrogen (secondary N) is 1. The zero-order valence-electron chi connectivity index (χ0n) is 12.6. The molecule has 11 heteroatoms. The van der Waals surface area contributed by atoms with E-state index in [4.69, 9.17) is 33.0 Å². The van der Waals surface area contributed by atoms with Gasteiger partial charge in [-0.25, -0.2) is 14.6 Å². The zero-order chi connectivity index (χ0) is 18.6. The molecule has 0 saturated carbocycles. The van der Waals surface area contributed by atoms with Gasteiger partial charge < -0.3 is 14.9 Å². The molecule has 8 nitrogen and oxygen atoms in total. The van der Waals surface area contributed by atoms with Crippen LogP contribution in [0.1, 0.15) is 11.4 Å². The zero-order valence-corrected chi connectivity index (χ0v) is 14.9. The van der Waals surface area contributed by atoms with Gasteiger partial charge in [0.1, 0.15) is 10.7 Å². The number of ether oxygens (including phenoxy) is 1. The topological polar surface area (TPSA) is 125 Å². The molecule has 0 fully saturated rings. The van der Waals surface area contributed by atoms with Crippen molar-refractivity contribution in [2.45, 2.75) is 12.1 Å². The van der Waals surface area contributed by atoms with Gasteiger partial charge >= 0.3 is 11.9 Å². The van der Waals surface area contributed by atoms with E-state index in [1.54, 1.807) is 6.92 Å². The third kappa shape index (κ3) is 5.38. The summed E-state index contributed by atoms with van der Waals surface area (Å²) in [5.41, 5.74) is 0.398. The number of aliphatic carboxylic acids is 2. The van der Waals surface area contributed by atoms with E-state index in [1.165, 1.54) is 18.2 Å². The average molecular weight is 404 g/mol. The smallest absolute Gasteiger partial charge is 0.342 e. The Balaban J connectivity index is 2.30. The number of hydrogen-bond donors (Lipinski definition) is 3. The van der Waals surface area contributed by atoms with E-state index in [2.05, 4.69) is 15.2 Å². The number of H-pyrrole nitrogens is 1. The number of carboxylic acids is 2. The Morgan fingerprint density at radius 3 is 2.44 bits per heavy atom. The molecule has 0 unspecified atom stereocenters. The number of aromatic nitrogens is 3. The number of nitrogens with zero attached hydrogens (tertiary/aromatic N) is 2. The standard InChI is InChI=1S/C14H11Cl2N3O5S/c1-6-17-14(19-18-6)25-10(13(22)23)4-7-2-8(15)12(9(16)3-7)24-5-11(20)21/h2-4H,5H2,1H3,(H,20,21)(H,22,23)(H,17,18,19)/b10-4-. The van der Waals surface area contributed by atoms with Crippen LogP contribution in [0.5, 0.6) is 5.75 Å². The molecule has 0 bridgehead atoms. The molecule has 2 aromatic rings. The molecule has 1 aromatic heterocycles. The van der Waals surface area contributed by atoms with Gasteiger partial charge in [-0.1, -0.05) is 23.2 Å². The van der Waals surface area contributed by atoms with Crippen LogP contribution in [0.15, 0.2) is 22.2 Å². The number of aryl methyl sites for hydroxylation is 1. The summed E-state index contributed by atoms with van der Waals surface area (Å²) in [5.74, 6) is -1.79. The normalized spacial score (nSPS) is 11.4. The van der Waals surface area contributed by atoms with Crippen molar-refractivity contribution in [3.63, 3.8) is 0 Å². The molecule has 1 aromatic carbocycles. The second-order valence-electron chi connectivity index (χ2n) is 4.62. The molecule has 0 aliphatic heterocycles. The lowest BCUT2D eigenvalue weighted by atomic mass is 10.2. The number of benzene rings is 1. The third-order valence-corrected chi connectivity index (χ3v) is 4.09. The van der Waals surface area contributed by atoms with Crippen LogP contribution in [0, 0.1) is 6.92 Å². The van der Waals surface area contributed by atoms with E-state index in [9.17, 15) is 14.7 Å². The Kier molecular flexibility index (Phi) is 6.29. The molecule has 25 heavy (non-hydrogen) atoms. The molecule has 0 aliphatic carbocycles. The summed E-state index contributed by atoms with van der Waals surface area (Å²) in [6, 6.07) is 2.83. The molecule has 0 atom stereocenters. The minimum absolute atomic E-state index is 0.0111. The number of hydrogen-bond acceptors (Lipinski definition) is 6. The largest absolute Gasteiger partial charge is 0.479 e. The number of carboxylic acid groups (broad SMARTS) is 2. The Morgan fingerprint density at radius 1 is 1.32 bits per heavy atom. The van der Waals surface area contributed by atoms with Gasteiger partial charge in [-0.05, 0) is 42.5 Å². The monoisotopic (exact) mass is 403 g/mol. The summed E-state index contributed by atoms with van der Waals surface area (Å²) >= 11 is 12.9. The van der Waals surface area contributed by atoms with Crippen LogP contribution < -0.4 is 4.74 Å². The third-order valence-electron chi connectivity index (χ3n) is 2.65. The minimum atomic E-state index is -1.18. The molecule has 0 radical (unpaired) electrons. The first-order valence-corrected chi connectivity index (χ1v) is 8.19. The first kappa shape index (κ1) is 19.1. The number of aromatic amines is 1. The van der Waals surface area contributed by atoms with E-state index in [0.717, 1.165) is 11.8 Å². The highest BCUT2D eigenvalue weighted by Crippen LogP contribution is 2.36. The van der Waals surface area contributed by atoms with Gasteiger partial charge in [0.25, 0.3) is 0 Å². The van der Waals surface area contributed by atoms with E-state index >= 15 is 0 Å². The Bertz CT molecular complexity index is 830. The maximum absolute atomic E-state index is 11.4. The van der Waals surface area contributed by atoms with Gasteiger partial charge in [0, 0.05) is 0 Å². The highest BCUT2D eigenvalue weighted by atomic mass is 35.5. The summed E-state index contributed by atoms with van der Waals surface area (Å²) in [6.45, 7) is 1.09. The van der Waals surface area contributed by atoms with E-state index in [1.807, 2.05) is 0 Å². The quantitative estimate of drug-likeness (QED) is 0.475. The van der Waals surface area contributed by atoms with Crippen molar-refractivity contribution in [2.75, 3.05) is 6.61 Å². The molecule has 3 N–H and O–H groups in total. The molecule has 1 heterocycles. The summed E-state index contributed by atoms with van der Waals surface area (Å²) in [6.07, 6.45) is 1.34. The molecule has 0 amide bonds. The van der Waals surface area contributed by atoms with Crippen LogP contribution in [0.3, 0.4) is 0 Å². The van der Waals surface area contributed by atoms with Crippen LogP contribution >= 0.6 is 35.0 Å². The molecule has 132 valence electrons. The Hall–Kier alpha value is -2.23. The van der Waals surface area contributed by atoms with Crippen LogP contribution in [-0.2, 0) is 9.59 Å². The summed E-state index contributed by atoms with van der Waals surface area (Å²) in [7, 11) is 0. The lowest BCUT2D eigenvalue weighted by Gasteiger charge is -2.09. The van der Waals surface area contributed by atoms with Gasteiger partial charge in [0.05, 0.1) is 10.0 Å². The first-order valence-electron chi connectivity index (χ1n) is 6.61. The summed E-state index contributed by atoms with van der Waals surface area (Å²) < 4.78 is 5.01. The fraction of sp³-hybridized carbons (Fsp3) is 0.143. The lowest BCUT2D eigenvalue weighted by Crippen LogP contribution is -2.10. The first-order chi connectivity index (χ1) is 11.8. The van der Waals surface area contributed by atoms with Crippen molar-refractivity contribution in [1.82, 2.24) is 15.2 Å². The van der Waals surface area contributed by atoms with Crippen molar-refractivity contribution in [3.05, 3.63) is 38.5 Å². The number of thioether (sulfide) groups is 1. The summed E-state index contributed by atoms with van der Waals surface area (Å²) in [5, 5.41) is 24.8. The van der Waals surface area contributed by atoms with E-state index in [0.29, 0.717) is 11.4 Å². The second kappa shape index (κ2) is 8.24. The van der Waals surface area contributed by atoms with Crippen molar-refractivity contribution < 1.29 is 24.5 Å². The molecule has 0 aliphatic rings. The fourth-order valence-corrected chi connectivity index (χ4v) is 3.05. The van der Waals surface area contributed by atoms with Gasteiger partial charge in [0.15, 0.2) is 12.4 Å². The average Bonchev–Trinajstić information content (AvgIpc) is 2.90. The van der Waals surface area contributed by atoms with Gasteiger partial charge in [-0.15, -0.1) is 5.10 Å². The van der Waals surface area contributed by atoms with Gasteiger partial charge in [0.2, 0.25) is 5.16 Å². The van der Waals surface area contributed by atoms with E-state index in [-0.39, 0.29) is 25.9 Å². The molecule has 2 rings (SSSR count). The van der Waals surface area contributed by atoms with Crippen molar-refractivity contribution in [3.8, 4) is 5.75 Å². The minimum Gasteiger partial charge on any atom is -0.479 e. The van der Waals surface area contributed by atoms with Gasteiger partial charge in [-0.2, -0.15) is 0 Å². The molecule has 0 spiro atoms. The molecular formula is C14H11Cl2N3O5S. The highest BCUT2D eigenvalue weighted by Gasteiger charge is 2.15. The fourth-order valence-electron chi connectivity index (χ4n) is 1.69. The Morgan fingerprint density at radius 2 is 1.96 bits per heavy atom. The predicted octanol–water partition coefficient (Wildman–Crippen LogP) is 3.10. The van der Waals surface area contributed by atoms with Crippen LogP contribution in [0.25, 0.3) is 6.08 Å². The van der Waals surface area contributed by atoms with Crippen LogP contribution in [0.4, 0.5) is 0 Å². The van der Waals surface area contributed by atoms with Crippen molar-refractivity contribution in [2.24, 2.45) is 0 Å². The van der Waals surface area contributed by atoms with Gasteiger partial charge in [-0.3, -0.25) is 5.10 Å². The maximum Gasteiger partial charge on any atom is 0.342 e. The van der Waals surface area contributed by atoms with Crippen molar-refractivity contribution in [1.29, 1.82) is 0 Å². The number of halogens is 2. The molecular weight excluding hydrogens is 393 g/mol.